The Hall–Kier alpha value is -0.830. The first kappa shape index (κ1) is 14.6. The van der Waals surface area contributed by atoms with Crippen LogP contribution in [0.4, 0.5) is 5.69 Å². The molecule has 2 rings (SSSR count). The Morgan fingerprint density at radius 3 is 2.68 bits per heavy atom. The summed E-state index contributed by atoms with van der Waals surface area (Å²) in [4.78, 5) is 12.0. The van der Waals surface area contributed by atoms with Crippen LogP contribution in [0.25, 0.3) is 0 Å². The highest BCUT2D eigenvalue weighted by Crippen LogP contribution is 2.27. The van der Waals surface area contributed by atoms with E-state index in [4.69, 9.17) is 0 Å². The summed E-state index contributed by atoms with van der Waals surface area (Å²) in [6.07, 6.45) is 8.37. The maximum atomic E-state index is 12.0. The molecule has 0 saturated heterocycles. The average Bonchev–Trinajstić information content (AvgIpc) is 2.36. The Bertz CT molecular complexity index is 418. The van der Waals surface area contributed by atoms with E-state index >= 15 is 0 Å². The van der Waals surface area contributed by atoms with Gasteiger partial charge in [0.05, 0.1) is 0 Å². The third-order valence-corrected chi connectivity index (χ3v) is 4.29. The highest BCUT2D eigenvalue weighted by Gasteiger charge is 2.14. The van der Waals surface area contributed by atoms with E-state index in [1.165, 1.54) is 32.1 Å². The van der Waals surface area contributed by atoms with Crippen molar-refractivity contribution in [1.82, 2.24) is 0 Å². The van der Waals surface area contributed by atoms with Crippen LogP contribution in [-0.2, 0) is 4.79 Å². The molecule has 1 aromatic rings. The molecule has 1 N–H and O–H groups in total. The summed E-state index contributed by atoms with van der Waals surface area (Å²) >= 11 is 3.45. The number of nitrogens with one attached hydrogen (secondary N) is 1. The molecule has 104 valence electrons. The zero-order chi connectivity index (χ0) is 13.7. The minimum absolute atomic E-state index is 0.142. The molecular weight excluding hydrogens is 302 g/mol. The van der Waals surface area contributed by atoms with E-state index in [2.05, 4.69) is 21.2 Å². The van der Waals surface area contributed by atoms with Crippen molar-refractivity contribution >= 4 is 27.5 Å². The van der Waals surface area contributed by atoms with Crippen LogP contribution in [0.5, 0.6) is 0 Å². The molecule has 0 spiro atoms. The quantitative estimate of drug-likeness (QED) is 0.824. The molecular formula is C16H22BrNO. The van der Waals surface area contributed by atoms with Crippen LogP contribution in [0.1, 0.15) is 50.5 Å². The van der Waals surface area contributed by atoms with Crippen molar-refractivity contribution in [3.63, 3.8) is 0 Å². The first-order chi connectivity index (χ1) is 9.13. The Morgan fingerprint density at radius 2 is 2.00 bits per heavy atom. The van der Waals surface area contributed by atoms with Gasteiger partial charge in [0.25, 0.3) is 0 Å². The van der Waals surface area contributed by atoms with Gasteiger partial charge >= 0.3 is 0 Å². The van der Waals surface area contributed by atoms with Crippen LogP contribution in [0.15, 0.2) is 22.7 Å². The van der Waals surface area contributed by atoms with Gasteiger partial charge in [-0.15, -0.1) is 0 Å². The zero-order valence-corrected chi connectivity index (χ0v) is 13.1. The maximum absolute atomic E-state index is 12.0. The minimum Gasteiger partial charge on any atom is -0.326 e. The second-order valence-corrected chi connectivity index (χ2v) is 6.52. The third kappa shape index (κ3) is 4.98. The highest BCUT2D eigenvalue weighted by molar-refractivity contribution is 9.10. The van der Waals surface area contributed by atoms with E-state index in [1.807, 2.05) is 25.1 Å². The predicted octanol–water partition coefficient (Wildman–Crippen LogP) is 5.06. The van der Waals surface area contributed by atoms with Crippen molar-refractivity contribution in [3.8, 4) is 0 Å². The lowest BCUT2D eigenvalue weighted by molar-refractivity contribution is -0.116. The molecule has 1 fully saturated rings. The van der Waals surface area contributed by atoms with Crippen molar-refractivity contribution in [2.24, 2.45) is 5.92 Å². The summed E-state index contributed by atoms with van der Waals surface area (Å²) in [6.45, 7) is 2.03. The fourth-order valence-corrected chi connectivity index (χ4v) is 3.45. The monoisotopic (exact) mass is 323 g/mol. The number of amides is 1. The molecule has 1 amide bonds. The number of carbonyl (C=O) groups is 1. The van der Waals surface area contributed by atoms with Gasteiger partial charge in [0.2, 0.25) is 5.91 Å². The van der Waals surface area contributed by atoms with E-state index in [-0.39, 0.29) is 5.91 Å². The van der Waals surface area contributed by atoms with Gasteiger partial charge in [-0.25, -0.2) is 0 Å². The maximum Gasteiger partial charge on any atom is 0.224 e. The van der Waals surface area contributed by atoms with Crippen LogP contribution in [0.3, 0.4) is 0 Å². The molecule has 3 heteroatoms. The molecule has 0 aromatic heterocycles. The van der Waals surface area contributed by atoms with Crippen molar-refractivity contribution in [2.45, 2.75) is 51.9 Å². The lowest BCUT2D eigenvalue weighted by Gasteiger charge is -2.21. The molecule has 0 bridgehead atoms. The SMILES string of the molecule is Cc1cc(Br)cc(NC(=O)CCC2CCCCC2)c1. The van der Waals surface area contributed by atoms with E-state index < -0.39 is 0 Å². The second kappa shape index (κ2) is 7.09. The number of halogens is 1. The van der Waals surface area contributed by atoms with Gasteiger partial charge in [-0.1, -0.05) is 48.0 Å². The molecule has 0 atom stereocenters. The van der Waals surface area contributed by atoms with Crippen LogP contribution in [-0.4, -0.2) is 5.91 Å². The van der Waals surface area contributed by atoms with Crippen LogP contribution < -0.4 is 5.32 Å². The standard InChI is InChI=1S/C16H22BrNO/c1-12-9-14(17)11-15(10-12)18-16(19)8-7-13-5-3-2-4-6-13/h9-11,13H,2-8H2,1H3,(H,18,19). The van der Waals surface area contributed by atoms with E-state index in [0.29, 0.717) is 6.42 Å². The van der Waals surface area contributed by atoms with E-state index in [1.54, 1.807) is 0 Å². The smallest absolute Gasteiger partial charge is 0.224 e. The lowest BCUT2D eigenvalue weighted by Crippen LogP contribution is -2.14. The van der Waals surface area contributed by atoms with Gasteiger partial charge in [0.15, 0.2) is 0 Å². The van der Waals surface area contributed by atoms with Gasteiger partial charge < -0.3 is 5.32 Å². The molecule has 1 aliphatic rings. The van der Waals surface area contributed by atoms with Gasteiger partial charge in [-0.3, -0.25) is 4.79 Å². The largest absolute Gasteiger partial charge is 0.326 e. The minimum atomic E-state index is 0.142. The normalized spacial score (nSPS) is 16.3. The fraction of sp³-hybridized carbons (Fsp3) is 0.562. The molecule has 0 aliphatic heterocycles. The molecule has 0 heterocycles. The Labute approximate surface area is 124 Å². The van der Waals surface area contributed by atoms with Crippen molar-refractivity contribution in [2.75, 3.05) is 5.32 Å². The number of benzene rings is 1. The highest BCUT2D eigenvalue weighted by atomic mass is 79.9. The topological polar surface area (TPSA) is 29.1 Å². The van der Waals surface area contributed by atoms with Crippen LogP contribution in [0, 0.1) is 12.8 Å². The number of carbonyl (C=O) groups excluding carboxylic acids is 1. The number of hydrogen-bond acceptors (Lipinski definition) is 1. The Morgan fingerprint density at radius 1 is 1.26 bits per heavy atom. The number of hydrogen-bond donors (Lipinski definition) is 1. The van der Waals surface area contributed by atoms with Crippen LogP contribution in [0.2, 0.25) is 0 Å². The molecule has 1 saturated carbocycles. The summed E-state index contributed by atoms with van der Waals surface area (Å²) in [7, 11) is 0. The van der Waals surface area contributed by atoms with Crippen molar-refractivity contribution < 1.29 is 4.79 Å². The number of rotatable bonds is 4. The predicted molar refractivity (Wildman–Crippen MR) is 83.3 cm³/mol. The second-order valence-electron chi connectivity index (χ2n) is 5.61. The zero-order valence-electron chi connectivity index (χ0n) is 11.5. The van der Waals surface area contributed by atoms with Gasteiger partial charge in [-0.2, -0.15) is 0 Å². The first-order valence-electron chi connectivity index (χ1n) is 7.20. The molecule has 1 aromatic carbocycles. The van der Waals surface area contributed by atoms with Gasteiger partial charge in [0, 0.05) is 16.6 Å². The number of anilines is 1. The summed E-state index contributed by atoms with van der Waals surface area (Å²) in [5, 5.41) is 2.99. The van der Waals surface area contributed by atoms with Gasteiger partial charge in [-0.05, 0) is 43.0 Å². The lowest BCUT2D eigenvalue weighted by atomic mass is 9.86. The molecule has 0 unspecified atom stereocenters. The van der Waals surface area contributed by atoms with Crippen molar-refractivity contribution in [3.05, 3.63) is 28.2 Å². The summed E-state index contributed by atoms with van der Waals surface area (Å²) in [5.41, 5.74) is 2.04. The first-order valence-corrected chi connectivity index (χ1v) is 8.00. The van der Waals surface area contributed by atoms with Crippen molar-refractivity contribution in [1.29, 1.82) is 0 Å². The van der Waals surface area contributed by atoms with E-state index in [0.717, 1.165) is 28.1 Å². The van der Waals surface area contributed by atoms with E-state index in [9.17, 15) is 4.79 Å². The third-order valence-electron chi connectivity index (χ3n) is 3.83. The summed E-state index contributed by atoms with van der Waals surface area (Å²) in [6, 6.07) is 5.99. The summed E-state index contributed by atoms with van der Waals surface area (Å²) in [5.74, 6) is 0.909. The Kier molecular flexibility index (Phi) is 5.44. The molecule has 0 radical (unpaired) electrons. The molecule has 1 aliphatic carbocycles. The van der Waals surface area contributed by atoms with Crippen LogP contribution >= 0.6 is 15.9 Å². The number of aryl methyl sites for hydroxylation is 1. The Balaban J connectivity index is 1.80. The summed E-state index contributed by atoms with van der Waals surface area (Å²) < 4.78 is 1.01. The molecule has 19 heavy (non-hydrogen) atoms. The average molecular weight is 324 g/mol. The molecule has 2 nitrogen and oxygen atoms in total. The fourth-order valence-electron chi connectivity index (χ4n) is 2.84. The van der Waals surface area contributed by atoms with Gasteiger partial charge in [0.1, 0.15) is 0 Å².